The second-order valence-corrected chi connectivity index (χ2v) is 7.01. The summed E-state index contributed by atoms with van der Waals surface area (Å²) in [4.78, 5) is 18.0. The average Bonchev–Trinajstić information content (AvgIpc) is 2.71. The number of guanidine groups is 1. The quantitative estimate of drug-likeness (QED) is 0.484. The zero-order valence-corrected chi connectivity index (χ0v) is 17.8. The SMILES string of the molecule is CCNC(=NCc1ccc(C(=O)N(C)C)cc1)NCc1cc(Cl)ccc1OC(F)F. The summed E-state index contributed by atoms with van der Waals surface area (Å²) in [6.07, 6.45) is 0. The molecule has 0 aliphatic carbocycles. The van der Waals surface area contributed by atoms with E-state index >= 15 is 0 Å². The van der Waals surface area contributed by atoms with Crippen LogP contribution in [0.25, 0.3) is 0 Å². The number of benzene rings is 2. The van der Waals surface area contributed by atoms with Crippen molar-refractivity contribution < 1.29 is 18.3 Å². The molecule has 0 saturated carbocycles. The van der Waals surface area contributed by atoms with E-state index in [4.69, 9.17) is 11.6 Å². The predicted molar refractivity (Wildman–Crippen MR) is 114 cm³/mol. The fourth-order valence-electron chi connectivity index (χ4n) is 2.60. The summed E-state index contributed by atoms with van der Waals surface area (Å²) < 4.78 is 29.8. The van der Waals surface area contributed by atoms with Crippen molar-refractivity contribution in [2.75, 3.05) is 20.6 Å². The van der Waals surface area contributed by atoms with E-state index in [-0.39, 0.29) is 18.2 Å². The van der Waals surface area contributed by atoms with Gasteiger partial charge in [0, 0.05) is 43.3 Å². The van der Waals surface area contributed by atoms with Gasteiger partial charge in [0.15, 0.2) is 5.96 Å². The normalized spacial score (nSPS) is 11.4. The fourth-order valence-corrected chi connectivity index (χ4v) is 2.79. The number of hydrogen-bond donors (Lipinski definition) is 2. The highest BCUT2D eigenvalue weighted by molar-refractivity contribution is 6.30. The van der Waals surface area contributed by atoms with Gasteiger partial charge in [0.1, 0.15) is 5.75 Å². The van der Waals surface area contributed by atoms with Gasteiger partial charge >= 0.3 is 6.61 Å². The molecular formula is C21H25ClF2N4O2. The van der Waals surface area contributed by atoms with Gasteiger partial charge in [-0.25, -0.2) is 4.99 Å². The number of aliphatic imine (C=N–C) groups is 1. The lowest BCUT2D eigenvalue weighted by Gasteiger charge is -2.15. The maximum Gasteiger partial charge on any atom is 0.387 e. The first kappa shape index (κ1) is 23.4. The zero-order valence-electron chi connectivity index (χ0n) is 17.1. The molecule has 0 radical (unpaired) electrons. The second kappa shape index (κ2) is 11.3. The van der Waals surface area contributed by atoms with Crippen molar-refractivity contribution in [3.05, 3.63) is 64.2 Å². The zero-order chi connectivity index (χ0) is 22.1. The van der Waals surface area contributed by atoms with E-state index in [1.54, 1.807) is 32.3 Å². The first-order valence-corrected chi connectivity index (χ1v) is 9.74. The van der Waals surface area contributed by atoms with Gasteiger partial charge in [0.05, 0.1) is 6.54 Å². The van der Waals surface area contributed by atoms with Crippen LogP contribution in [-0.4, -0.2) is 44.0 Å². The molecule has 0 spiro atoms. The van der Waals surface area contributed by atoms with E-state index in [9.17, 15) is 13.6 Å². The van der Waals surface area contributed by atoms with Crippen LogP contribution in [0.4, 0.5) is 8.78 Å². The molecule has 2 N–H and O–H groups in total. The number of carbonyl (C=O) groups excluding carboxylic acids is 1. The van der Waals surface area contributed by atoms with Gasteiger partial charge in [-0.2, -0.15) is 8.78 Å². The summed E-state index contributed by atoms with van der Waals surface area (Å²) >= 11 is 5.98. The molecule has 2 aromatic carbocycles. The van der Waals surface area contributed by atoms with Crippen LogP contribution in [0, 0.1) is 0 Å². The van der Waals surface area contributed by atoms with Crippen LogP contribution in [0.5, 0.6) is 5.75 Å². The molecule has 0 heterocycles. The Morgan fingerprint density at radius 3 is 2.47 bits per heavy atom. The Balaban J connectivity index is 2.06. The van der Waals surface area contributed by atoms with Gasteiger partial charge in [0.2, 0.25) is 0 Å². The molecule has 2 rings (SSSR count). The Hall–Kier alpha value is -2.87. The second-order valence-electron chi connectivity index (χ2n) is 6.58. The lowest BCUT2D eigenvalue weighted by molar-refractivity contribution is -0.0504. The van der Waals surface area contributed by atoms with Crippen molar-refractivity contribution in [3.8, 4) is 5.75 Å². The predicted octanol–water partition coefficient (Wildman–Crippen LogP) is 3.90. The molecule has 0 aliphatic rings. The maximum atomic E-state index is 12.6. The van der Waals surface area contributed by atoms with Crippen molar-refractivity contribution in [2.24, 2.45) is 4.99 Å². The number of nitrogens with zero attached hydrogens (tertiary/aromatic N) is 2. The van der Waals surface area contributed by atoms with Crippen molar-refractivity contribution in [1.29, 1.82) is 0 Å². The third kappa shape index (κ3) is 7.18. The Morgan fingerprint density at radius 1 is 1.17 bits per heavy atom. The van der Waals surface area contributed by atoms with E-state index in [0.717, 1.165) is 5.56 Å². The van der Waals surface area contributed by atoms with Crippen molar-refractivity contribution in [3.63, 3.8) is 0 Å². The van der Waals surface area contributed by atoms with Crippen LogP contribution in [-0.2, 0) is 13.1 Å². The van der Waals surface area contributed by atoms with Crippen molar-refractivity contribution in [2.45, 2.75) is 26.6 Å². The molecule has 0 fully saturated rings. The van der Waals surface area contributed by atoms with Gasteiger partial charge in [-0.15, -0.1) is 0 Å². The standard InChI is InChI=1S/C21H25ClF2N4O2/c1-4-25-21(26-12-14-5-7-15(8-6-14)19(29)28(2)3)27-13-16-11-17(22)9-10-18(16)30-20(23)24/h5-11,20H,4,12-13H2,1-3H3,(H2,25,26,27). The minimum atomic E-state index is -2.92. The Bertz CT molecular complexity index is 874. The molecule has 0 atom stereocenters. The average molecular weight is 439 g/mol. The smallest absolute Gasteiger partial charge is 0.387 e. The van der Waals surface area contributed by atoms with E-state index in [1.807, 2.05) is 19.1 Å². The van der Waals surface area contributed by atoms with Crippen molar-refractivity contribution >= 4 is 23.5 Å². The molecule has 0 unspecified atom stereocenters. The number of rotatable bonds is 8. The minimum Gasteiger partial charge on any atom is -0.434 e. The summed E-state index contributed by atoms with van der Waals surface area (Å²) in [5.74, 6) is 0.496. The number of nitrogens with one attached hydrogen (secondary N) is 2. The summed E-state index contributed by atoms with van der Waals surface area (Å²) in [7, 11) is 3.40. The largest absolute Gasteiger partial charge is 0.434 e. The molecule has 0 bridgehead atoms. The maximum absolute atomic E-state index is 12.6. The van der Waals surface area contributed by atoms with Crippen LogP contribution in [0.1, 0.15) is 28.4 Å². The molecule has 162 valence electrons. The molecular weight excluding hydrogens is 414 g/mol. The van der Waals surface area contributed by atoms with Crippen LogP contribution in [0.3, 0.4) is 0 Å². The molecule has 30 heavy (non-hydrogen) atoms. The highest BCUT2D eigenvalue weighted by Crippen LogP contribution is 2.24. The topological polar surface area (TPSA) is 66.0 Å². The lowest BCUT2D eigenvalue weighted by atomic mass is 10.1. The molecule has 0 aliphatic heterocycles. The van der Waals surface area contributed by atoms with E-state index in [1.165, 1.54) is 17.0 Å². The Kier molecular flexibility index (Phi) is 8.86. The van der Waals surface area contributed by atoms with E-state index in [0.29, 0.717) is 35.2 Å². The summed E-state index contributed by atoms with van der Waals surface area (Å²) in [6.45, 7) is 0.197. The molecule has 6 nitrogen and oxygen atoms in total. The Labute approximate surface area is 179 Å². The van der Waals surface area contributed by atoms with Crippen LogP contribution < -0.4 is 15.4 Å². The van der Waals surface area contributed by atoms with Gasteiger partial charge in [-0.05, 0) is 42.8 Å². The van der Waals surface area contributed by atoms with Gasteiger partial charge in [-0.3, -0.25) is 4.79 Å². The minimum absolute atomic E-state index is 0.0545. The summed E-state index contributed by atoms with van der Waals surface area (Å²) in [5.41, 5.74) is 2.01. The van der Waals surface area contributed by atoms with Gasteiger partial charge < -0.3 is 20.3 Å². The highest BCUT2D eigenvalue weighted by atomic mass is 35.5. The number of carbonyl (C=O) groups is 1. The number of amides is 1. The van der Waals surface area contributed by atoms with Gasteiger partial charge in [0.25, 0.3) is 5.91 Å². The summed E-state index contributed by atoms with van der Waals surface area (Å²) in [6, 6.07) is 11.7. The van der Waals surface area contributed by atoms with Gasteiger partial charge in [-0.1, -0.05) is 23.7 Å². The van der Waals surface area contributed by atoms with Crippen LogP contribution >= 0.6 is 11.6 Å². The molecule has 1 amide bonds. The van der Waals surface area contributed by atoms with Crippen LogP contribution in [0.15, 0.2) is 47.5 Å². The molecule has 0 aromatic heterocycles. The van der Waals surface area contributed by atoms with E-state index in [2.05, 4.69) is 20.4 Å². The number of halogens is 3. The first-order valence-electron chi connectivity index (χ1n) is 9.36. The number of ether oxygens (including phenoxy) is 1. The monoisotopic (exact) mass is 438 g/mol. The highest BCUT2D eigenvalue weighted by Gasteiger charge is 2.11. The third-order valence-electron chi connectivity index (χ3n) is 4.06. The molecule has 2 aromatic rings. The number of alkyl halides is 2. The van der Waals surface area contributed by atoms with Crippen molar-refractivity contribution in [1.82, 2.24) is 15.5 Å². The van der Waals surface area contributed by atoms with E-state index < -0.39 is 6.61 Å². The first-order chi connectivity index (χ1) is 14.3. The third-order valence-corrected chi connectivity index (χ3v) is 4.29. The fraction of sp³-hybridized carbons (Fsp3) is 0.333. The molecule has 9 heteroatoms. The summed E-state index contributed by atoms with van der Waals surface area (Å²) in [5, 5.41) is 6.61. The Morgan fingerprint density at radius 2 is 1.87 bits per heavy atom. The lowest BCUT2D eigenvalue weighted by Crippen LogP contribution is -2.36. The number of hydrogen-bond acceptors (Lipinski definition) is 3. The van der Waals surface area contributed by atoms with Crippen LogP contribution in [0.2, 0.25) is 5.02 Å². The molecule has 0 saturated heterocycles.